The van der Waals surface area contributed by atoms with Gasteiger partial charge in [-0.3, -0.25) is 0 Å². The molecule has 1 heterocycles. The molecule has 1 aromatic rings. The van der Waals surface area contributed by atoms with Crippen molar-refractivity contribution in [3.8, 4) is 0 Å². The third kappa shape index (κ3) is 2.96. The maximum Gasteiger partial charge on any atom is 0.416 e. The highest BCUT2D eigenvalue weighted by Gasteiger charge is 2.40. The number of cyclic esters (lactones) is 1. The normalized spacial score (nSPS) is 22.6. The number of nitrogens with zero attached hydrogens (tertiary/aromatic N) is 1. The molecule has 0 aromatic heterocycles. The Morgan fingerprint density at radius 2 is 1.95 bits per heavy atom. The third-order valence-corrected chi connectivity index (χ3v) is 3.56. The lowest BCUT2D eigenvalue weighted by Crippen LogP contribution is -2.31. The van der Waals surface area contributed by atoms with Gasteiger partial charge in [-0.15, -0.1) is 0 Å². The number of ether oxygens (including phenoxy) is 1. The van der Waals surface area contributed by atoms with Crippen LogP contribution in [0.5, 0.6) is 0 Å². The van der Waals surface area contributed by atoms with E-state index < -0.39 is 36.7 Å². The summed E-state index contributed by atoms with van der Waals surface area (Å²) >= 11 is 0. The molecule has 0 radical (unpaired) electrons. The zero-order valence-corrected chi connectivity index (χ0v) is 11.6. The molecular weight excluding hydrogens is 290 g/mol. The first-order valence-corrected chi connectivity index (χ1v) is 6.52. The number of benzene rings is 1. The second-order valence-electron chi connectivity index (χ2n) is 4.93. The molecule has 0 spiro atoms. The maximum atomic E-state index is 12.8. The van der Waals surface area contributed by atoms with Crippen LogP contribution in [0.2, 0.25) is 0 Å². The minimum Gasteiger partial charge on any atom is -0.439 e. The van der Waals surface area contributed by atoms with Gasteiger partial charge in [-0.2, -0.15) is 13.2 Å². The minimum atomic E-state index is -4.57. The Morgan fingerprint density at radius 1 is 1.29 bits per heavy atom. The number of carbonyl (C=O) groups is 1. The quantitative estimate of drug-likeness (QED) is 0.788. The summed E-state index contributed by atoms with van der Waals surface area (Å²) in [5.74, 6) is 0. The lowest BCUT2D eigenvalue weighted by molar-refractivity contribution is -0.137. The Balaban J connectivity index is 2.42. The lowest BCUT2D eigenvalue weighted by atomic mass is 9.98. The molecule has 0 saturated carbocycles. The summed E-state index contributed by atoms with van der Waals surface area (Å²) in [6.45, 7) is 2.82. The van der Waals surface area contributed by atoms with E-state index in [4.69, 9.17) is 4.74 Å². The van der Waals surface area contributed by atoms with Crippen LogP contribution in [0.4, 0.5) is 22.4 Å². The van der Waals surface area contributed by atoms with Gasteiger partial charge < -0.3 is 9.64 Å². The fourth-order valence-electron chi connectivity index (χ4n) is 2.49. The number of amides is 1. The molecule has 3 nitrogen and oxygen atoms in total. The molecule has 1 aliphatic heterocycles. The molecule has 2 atom stereocenters. The van der Waals surface area contributed by atoms with E-state index in [0.29, 0.717) is 6.54 Å². The van der Waals surface area contributed by atoms with Crippen molar-refractivity contribution in [2.75, 3.05) is 6.54 Å². The molecule has 1 saturated heterocycles. The Morgan fingerprint density at radius 3 is 2.43 bits per heavy atom. The molecular formula is C14H15F4NO2. The standard InChI is InChI=1S/C14H15F4NO2/c1-3-19-8(2)12(21-13(19)20)10-4-9(7-15)5-11(6-10)14(16,17)18/h4-6,8,12H,3,7H2,1-2H3/t8-,12+/m0/s1. The van der Waals surface area contributed by atoms with E-state index in [0.717, 1.165) is 12.1 Å². The summed E-state index contributed by atoms with van der Waals surface area (Å²) in [5.41, 5.74) is -0.863. The summed E-state index contributed by atoms with van der Waals surface area (Å²) in [6.07, 6.45) is -5.98. The first-order chi connectivity index (χ1) is 9.77. The van der Waals surface area contributed by atoms with Gasteiger partial charge in [0.05, 0.1) is 11.6 Å². The van der Waals surface area contributed by atoms with Crippen LogP contribution in [0.3, 0.4) is 0 Å². The van der Waals surface area contributed by atoms with Gasteiger partial charge in [0.1, 0.15) is 12.8 Å². The molecule has 0 unspecified atom stereocenters. The highest BCUT2D eigenvalue weighted by molar-refractivity contribution is 5.71. The number of likely N-dealkylation sites (N-methyl/N-ethyl adjacent to an activating group) is 1. The molecule has 1 fully saturated rings. The third-order valence-electron chi connectivity index (χ3n) is 3.56. The van der Waals surface area contributed by atoms with Crippen LogP contribution in [0.15, 0.2) is 18.2 Å². The van der Waals surface area contributed by atoms with Crippen molar-refractivity contribution in [1.29, 1.82) is 0 Å². The van der Waals surface area contributed by atoms with Crippen molar-refractivity contribution in [3.63, 3.8) is 0 Å². The van der Waals surface area contributed by atoms with Gasteiger partial charge in [-0.25, -0.2) is 9.18 Å². The van der Waals surface area contributed by atoms with Crippen LogP contribution in [0.25, 0.3) is 0 Å². The van der Waals surface area contributed by atoms with Crippen molar-refractivity contribution in [1.82, 2.24) is 4.90 Å². The summed E-state index contributed by atoms with van der Waals surface area (Å²) in [4.78, 5) is 13.1. The molecule has 7 heteroatoms. The van der Waals surface area contributed by atoms with Crippen LogP contribution >= 0.6 is 0 Å². The van der Waals surface area contributed by atoms with Crippen molar-refractivity contribution in [2.45, 2.75) is 38.8 Å². The van der Waals surface area contributed by atoms with Gasteiger partial charge in [0.15, 0.2) is 0 Å². The largest absolute Gasteiger partial charge is 0.439 e. The Bertz CT molecular complexity index is 544. The van der Waals surface area contributed by atoms with Crippen LogP contribution in [-0.2, 0) is 17.6 Å². The van der Waals surface area contributed by atoms with E-state index >= 15 is 0 Å². The SMILES string of the molecule is CCN1C(=O)O[C@@H](c2cc(CF)cc(C(F)(F)F)c2)[C@@H]1C. The molecule has 0 aliphatic carbocycles. The van der Waals surface area contributed by atoms with Crippen LogP contribution < -0.4 is 0 Å². The predicted molar refractivity (Wildman–Crippen MR) is 67.3 cm³/mol. The zero-order valence-electron chi connectivity index (χ0n) is 11.6. The van der Waals surface area contributed by atoms with Gasteiger partial charge in [0.25, 0.3) is 0 Å². The summed E-state index contributed by atoms with van der Waals surface area (Å²) in [5, 5.41) is 0. The lowest BCUT2D eigenvalue weighted by Gasteiger charge is -2.20. The molecule has 0 N–H and O–H groups in total. The number of hydrogen-bond acceptors (Lipinski definition) is 2. The topological polar surface area (TPSA) is 29.5 Å². The molecule has 1 aromatic carbocycles. The van der Waals surface area contributed by atoms with Crippen LogP contribution in [0.1, 0.15) is 36.6 Å². The second-order valence-corrected chi connectivity index (χ2v) is 4.93. The van der Waals surface area contributed by atoms with Crippen molar-refractivity contribution >= 4 is 6.09 Å². The van der Waals surface area contributed by atoms with E-state index in [1.54, 1.807) is 13.8 Å². The van der Waals surface area contributed by atoms with Crippen LogP contribution in [-0.4, -0.2) is 23.6 Å². The number of halogens is 4. The summed E-state index contributed by atoms with van der Waals surface area (Å²) in [6, 6.07) is 2.58. The highest BCUT2D eigenvalue weighted by atomic mass is 19.4. The molecule has 2 rings (SSSR count). The number of hydrogen-bond donors (Lipinski definition) is 0. The van der Waals surface area contributed by atoms with E-state index in [1.807, 2.05) is 0 Å². The van der Waals surface area contributed by atoms with E-state index in [9.17, 15) is 22.4 Å². The van der Waals surface area contributed by atoms with Crippen molar-refractivity contribution in [2.24, 2.45) is 0 Å². The average Bonchev–Trinajstić information content (AvgIpc) is 2.72. The molecule has 1 amide bonds. The monoisotopic (exact) mass is 305 g/mol. The molecule has 1 aliphatic rings. The van der Waals surface area contributed by atoms with Gasteiger partial charge >= 0.3 is 12.3 Å². The van der Waals surface area contributed by atoms with E-state index in [2.05, 4.69) is 0 Å². The van der Waals surface area contributed by atoms with Crippen LogP contribution in [0, 0.1) is 0 Å². The fourth-order valence-corrected chi connectivity index (χ4v) is 2.49. The van der Waals surface area contributed by atoms with Crippen molar-refractivity contribution < 1.29 is 27.1 Å². The highest BCUT2D eigenvalue weighted by Crippen LogP contribution is 2.37. The van der Waals surface area contributed by atoms with Gasteiger partial charge in [-0.05, 0) is 43.2 Å². The second kappa shape index (κ2) is 5.54. The maximum absolute atomic E-state index is 12.8. The summed E-state index contributed by atoms with van der Waals surface area (Å²) < 4.78 is 56.5. The Labute approximate surface area is 119 Å². The number of alkyl halides is 4. The smallest absolute Gasteiger partial charge is 0.416 e. The molecule has 0 bridgehead atoms. The van der Waals surface area contributed by atoms with Gasteiger partial charge in [0, 0.05) is 6.54 Å². The Hall–Kier alpha value is -1.79. The number of rotatable bonds is 3. The predicted octanol–water partition coefficient (Wildman–Crippen LogP) is 4.08. The number of carbonyl (C=O) groups excluding carboxylic acids is 1. The van der Waals surface area contributed by atoms with E-state index in [-0.39, 0.29) is 11.1 Å². The van der Waals surface area contributed by atoms with Gasteiger partial charge in [-0.1, -0.05) is 0 Å². The van der Waals surface area contributed by atoms with Gasteiger partial charge in [0.2, 0.25) is 0 Å². The first kappa shape index (κ1) is 15.6. The van der Waals surface area contributed by atoms with E-state index in [1.165, 1.54) is 11.0 Å². The molecule has 116 valence electrons. The minimum absolute atomic E-state index is 0.0852. The zero-order chi connectivity index (χ0) is 15.8. The first-order valence-electron chi connectivity index (χ1n) is 6.52. The fraction of sp³-hybridized carbons (Fsp3) is 0.500. The average molecular weight is 305 g/mol. The molecule has 21 heavy (non-hydrogen) atoms. The van der Waals surface area contributed by atoms with Crippen molar-refractivity contribution in [3.05, 3.63) is 34.9 Å². The Kier molecular flexibility index (Phi) is 4.11. The summed E-state index contributed by atoms with van der Waals surface area (Å²) in [7, 11) is 0.